The lowest BCUT2D eigenvalue weighted by Gasteiger charge is -2.20. The third-order valence-corrected chi connectivity index (χ3v) is 6.02. The van der Waals surface area contributed by atoms with Crippen LogP contribution in [0.3, 0.4) is 0 Å². The van der Waals surface area contributed by atoms with Gasteiger partial charge in [0, 0.05) is 10.0 Å². The fraction of sp³-hybridized carbons (Fsp3) is 0.273. The highest BCUT2D eigenvalue weighted by Gasteiger charge is 2.51. The van der Waals surface area contributed by atoms with Gasteiger partial charge < -0.3 is 9.79 Å². The summed E-state index contributed by atoms with van der Waals surface area (Å²) in [7, 11) is -5.61. The first kappa shape index (κ1) is 18.0. The third kappa shape index (κ3) is 3.42. The van der Waals surface area contributed by atoms with Gasteiger partial charge >= 0.3 is 13.3 Å². The zero-order valence-electron chi connectivity index (χ0n) is 10.9. The van der Waals surface area contributed by atoms with Crippen LogP contribution in [0, 0.1) is 6.92 Å². The second-order valence-electron chi connectivity index (χ2n) is 4.39. The number of hydrogen-bond acceptors (Lipinski definition) is 5. The van der Waals surface area contributed by atoms with E-state index in [0.717, 1.165) is 11.1 Å². The van der Waals surface area contributed by atoms with Crippen molar-refractivity contribution in [1.29, 1.82) is 0 Å². The van der Waals surface area contributed by atoms with Crippen LogP contribution in [-0.2, 0) is 10.2 Å². The summed E-state index contributed by atoms with van der Waals surface area (Å²) in [5, 5.41) is 8.67. The average molecular weight is 431 g/mol. The molecule has 0 saturated carbocycles. The summed E-state index contributed by atoms with van der Waals surface area (Å²) >= 11 is 8.64. The third-order valence-electron chi connectivity index (χ3n) is 2.77. The van der Waals surface area contributed by atoms with Crippen molar-refractivity contribution >= 4 is 47.5 Å². The number of alkyl halides is 2. The van der Waals surface area contributed by atoms with E-state index in [9.17, 15) is 13.3 Å². The molecule has 1 aromatic carbocycles. The molecule has 0 fully saturated rings. The van der Waals surface area contributed by atoms with Crippen LogP contribution in [0.1, 0.15) is 26.4 Å². The molecule has 5 nitrogen and oxygen atoms in total. The SMILES string of the molecule is Cc1nnc(C(S)c2ccc(C(F)(F)P(=O)(O)O)c(Br)c2)s1. The summed E-state index contributed by atoms with van der Waals surface area (Å²) in [5.41, 5.74) is -4.49. The zero-order chi connectivity index (χ0) is 16.7. The highest BCUT2D eigenvalue weighted by Crippen LogP contribution is 2.60. The molecule has 1 aromatic heterocycles. The summed E-state index contributed by atoms with van der Waals surface area (Å²) in [5.74, 6) is 0. The van der Waals surface area contributed by atoms with Gasteiger partial charge in [0.15, 0.2) is 0 Å². The molecule has 0 aliphatic carbocycles. The van der Waals surface area contributed by atoms with E-state index >= 15 is 0 Å². The number of rotatable bonds is 4. The van der Waals surface area contributed by atoms with Gasteiger partial charge in [0.25, 0.3) is 0 Å². The van der Waals surface area contributed by atoms with Gasteiger partial charge in [-0.1, -0.05) is 28.1 Å². The Morgan fingerprint density at radius 2 is 2.05 bits per heavy atom. The fourth-order valence-corrected chi connectivity index (χ4v) is 4.06. The molecule has 1 atom stereocenters. The Balaban J connectivity index is 2.40. The first-order valence-electron chi connectivity index (χ1n) is 5.75. The molecule has 0 radical (unpaired) electrons. The van der Waals surface area contributed by atoms with Crippen molar-refractivity contribution in [2.75, 3.05) is 0 Å². The van der Waals surface area contributed by atoms with Gasteiger partial charge in [0.05, 0.1) is 5.25 Å². The lowest BCUT2D eigenvalue weighted by atomic mass is 10.1. The van der Waals surface area contributed by atoms with Crippen LogP contribution in [0.2, 0.25) is 0 Å². The molecular formula is C11H10BrF2N2O3PS2. The Morgan fingerprint density at radius 3 is 2.50 bits per heavy atom. The Kier molecular flexibility index (Phi) is 5.11. The number of aryl methyl sites for hydroxylation is 1. The van der Waals surface area contributed by atoms with Crippen LogP contribution < -0.4 is 0 Å². The fourth-order valence-electron chi connectivity index (χ4n) is 1.67. The molecule has 22 heavy (non-hydrogen) atoms. The van der Waals surface area contributed by atoms with Crippen LogP contribution in [0.5, 0.6) is 0 Å². The number of thiol groups is 1. The predicted octanol–water partition coefficient (Wildman–Crippen LogP) is 3.86. The van der Waals surface area contributed by atoms with Crippen molar-refractivity contribution in [1.82, 2.24) is 10.2 Å². The molecule has 0 aliphatic rings. The van der Waals surface area contributed by atoms with Gasteiger partial charge in [-0.15, -0.1) is 21.5 Å². The van der Waals surface area contributed by atoms with Crippen LogP contribution >= 0.6 is 47.5 Å². The summed E-state index contributed by atoms with van der Waals surface area (Å²) in [4.78, 5) is 17.6. The van der Waals surface area contributed by atoms with E-state index in [1.54, 1.807) is 6.92 Å². The van der Waals surface area contributed by atoms with Crippen LogP contribution in [0.25, 0.3) is 0 Å². The number of benzene rings is 1. The maximum atomic E-state index is 13.8. The minimum Gasteiger partial charge on any atom is -0.320 e. The highest BCUT2D eigenvalue weighted by molar-refractivity contribution is 9.10. The quantitative estimate of drug-likeness (QED) is 0.506. The second-order valence-corrected chi connectivity index (χ2v) is 8.62. The van der Waals surface area contributed by atoms with Gasteiger partial charge in [-0.05, 0) is 18.6 Å². The van der Waals surface area contributed by atoms with Gasteiger partial charge in [-0.3, -0.25) is 4.57 Å². The standard InChI is InChI=1S/C11H10BrF2N2O3PS2/c1-5-15-16-10(22-5)9(21)6-2-3-7(8(12)4-6)11(13,14)20(17,18)19/h2-4,9,21H,1H3,(H2,17,18,19). The first-order valence-corrected chi connectivity index (χ1v) is 9.49. The predicted molar refractivity (Wildman–Crippen MR) is 85.6 cm³/mol. The van der Waals surface area contributed by atoms with Crippen LogP contribution in [-0.4, -0.2) is 20.0 Å². The molecule has 2 rings (SSSR count). The Labute approximate surface area is 142 Å². The number of nitrogens with zero attached hydrogens (tertiary/aromatic N) is 2. The molecule has 0 bridgehead atoms. The summed E-state index contributed by atoms with van der Waals surface area (Å²) in [6, 6.07) is 3.64. The molecule has 2 aromatic rings. The molecule has 120 valence electrons. The zero-order valence-corrected chi connectivity index (χ0v) is 15.1. The number of hydrogen-bond donors (Lipinski definition) is 3. The van der Waals surface area contributed by atoms with E-state index in [-0.39, 0.29) is 4.47 Å². The first-order chi connectivity index (χ1) is 10.0. The number of halogens is 3. The van der Waals surface area contributed by atoms with E-state index < -0.39 is 24.1 Å². The van der Waals surface area contributed by atoms with Crippen molar-refractivity contribution in [3.63, 3.8) is 0 Å². The molecular weight excluding hydrogens is 421 g/mol. The minimum atomic E-state index is -5.61. The smallest absolute Gasteiger partial charge is 0.320 e. The van der Waals surface area contributed by atoms with Gasteiger partial charge in [0.2, 0.25) is 0 Å². The van der Waals surface area contributed by atoms with Gasteiger partial charge in [0.1, 0.15) is 10.0 Å². The van der Waals surface area contributed by atoms with Gasteiger partial charge in [-0.2, -0.15) is 21.4 Å². The van der Waals surface area contributed by atoms with Crippen molar-refractivity contribution in [3.8, 4) is 0 Å². The average Bonchev–Trinajstić information content (AvgIpc) is 2.82. The minimum absolute atomic E-state index is 0.112. The monoisotopic (exact) mass is 430 g/mol. The Morgan fingerprint density at radius 1 is 1.41 bits per heavy atom. The van der Waals surface area contributed by atoms with E-state index in [1.807, 2.05) is 0 Å². The summed E-state index contributed by atoms with van der Waals surface area (Å²) in [6.45, 7) is 1.78. The molecule has 0 saturated heterocycles. The second kappa shape index (κ2) is 6.26. The van der Waals surface area contributed by atoms with E-state index in [1.165, 1.54) is 23.5 Å². The molecule has 11 heteroatoms. The van der Waals surface area contributed by atoms with Crippen molar-refractivity contribution < 1.29 is 23.1 Å². The van der Waals surface area contributed by atoms with Crippen molar-refractivity contribution in [3.05, 3.63) is 43.8 Å². The Bertz CT molecular complexity index is 753. The lowest BCUT2D eigenvalue weighted by Crippen LogP contribution is -2.14. The summed E-state index contributed by atoms with van der Waals surface area (Å²) in [6.07, 6.45) is 0. The highest BCUT2D eigenvalue weighted by atomic mass is 79.9. The Hall–Kier alpha value is -0.380. The van der Waals surface area contributed by atoms with E-state index in [4.69, 9.17) is 9.79 Å². The molecule has 0 amide bonds. The summed E-state index contributed by atoms with van der Waals surface area (Å²) < 4.78 is 38.3. The van der Waals surface area contributed by atoms with Gasteiger partial charge in [-0.25, -0.2) is 0 Å². The molecule has 1 heterocycles. The lowest BCUT2D eigenvalue weighted by molar-refractivity contribution is 0.0557. The maximum absolute atomic E-state index is 13.8. The molecule has 1 unspecified atom stereocenters. The topological polar surface area (TPSA) is 83.3 Å². The van der Waals surface area contributed by atoms with Crippen molar-refractivity contribution in [2.24, 2.45) is 0 Å². The van der Waals surface area contributed by atoms with E-state index in [2.05, 4.69) is 38.8 Å². The van der Waals surface area contributed by atoms with E-state index in [0.29, 0.717) is 10.6 Å². The number of aromatic nitrogens is 2. The molecule has 0 aliphatic heterocycles. The van der Waals surface area contributed by atoms with Crippen LogP contribution in [0.15, 0.2) is 22.7 Å². The maximum Gasteiger partial charge on any atom is 0.399 e. The molecule has 0 spiro atoms. The molecule has 2 N–H and O–H groups in total. The van der Waals surface area contributed by atoms with Crippen LogP contribution in [0.4, 0.5) is 8.78 Å². The van der Waals surface area contributed by atoms with Crippen molar-refractivity contribution in [2.45, 2.75) is 17.8 Å². The largest absolute Gasteiger partial charge is 0.399 e. The normalized spacial score (nSPS) is 14.1.